The van der Waals surface area contributed by atoms with Crippen molar-refractivity contribution in [1.29, 1.82) is 0 Å². The summed E-state index contributed by atoms with van der Waals surface area (Å²) in [6.07, 6.45) is -0.274. The Morgan fingerprint density at radius 1 is 1.69 bits per heavy atom. The standard InChI is InChI=1S/C9H14BrNOS/c1-11(6-9(12)4-10)5-8-2-3-13-7-8/h2-3,7,9,12H,4-6H2,1H3. The summed E-state index contributed by atoms with van der Waals surface area (Å²) in [5.41, 5.74) is 1.31. The van der Waals surface area contributed by atoms with Crippen molar-refractivity contribution in [3.05, 3.63) is 22.4 Å². The van der Waals surface area contributed by atoms with E-state index in [1.54, 1.807) is 11.3 Å². The SMILES string of the molecule is CN(Cc1ccsc1)CC(O)CBr. The van der Waals surface area contributed by atoms with Crippen LogP contribution >= 0.6 is 27.3 Å². The van der Waals surface area contributed by atoms with E-state index in [4.69, 9.17) is 0 Å². The summed E-state index contributed by atoms with van der Waals surface area (Å²) in [4.78, 5) is 2.12. The third-order valence-corrected chi connectivity index (χ3v) is 3.21. The number of nitrogens with zero attached hydrogens (tertiary/aromatic N) is 1. The third kappa shape index (κ3) is 4.22. The second-order valence-corrected chi connectivity index (χ2v) is 4.56. The molecule has 0 aliphatic rings. The van der Waals surface area contributed by atoms with E-state index in [-0.39, 0.29) is 6.10 Å². The summed E-state index contributed by atoms with van der Waals surface area (Å²) in [7, 11) is 2.02. The van der Waals surface area contributed by atoms with Gasteiger partial charge in [-0.25, -0.2) is 0 Å². The Labute approximate surface area is 91.3 Å². The Balaban J connectivity index is 2.29. The fraction of sp³-hybridized carbons (Fsp3) is 0.556. The van der Waals surface area contributed by atoms with Gasteiger partial charge in [-0.1, -0.05) is 15.9 Å². The van der Waals surface area contributed by atoms with Crippen LogP contribution in [0, 0.1) is 0 Å². The number of hydrogen-bond acceptors (Lipinski definition) is 3. The van der Waals surface area contributed by atoms with Crippen LogP contribution < -0.4 is 0 Å². The van der Waals surface area contributed by atoms with Gasteiger partial charge in [0, 0.05) is 18.4 Å². The molecule has 0 aliphatic carbocycles. The molecule has 0 spiro atoms. The molecule has 0 fully saturated rings. The van der Waals surface area contributed by atoms with E-state index in [1.807, 2.05) is 7.05 Å². The number of rotatable bonds is 5. The first-order valence-corrected chi connectivity index (χ1v) is 6.22. The van der Waals surface area contributed by atoms with Crippen molar-refractivity contribution in [2.75, 3.05) is 18.9 Å². The topological polar surface area (TPSA) is 23.5 Å². The molecule has 0 aromatic carbocycles. The molecular weight excluding hydrogens is 250 g/mol. The Morgan fingerprint density at radius 2 is 2.46 bits per heavy atom. The highest BCUT2D eigenvalue weighted by Crippen LogP contribution is 2.08. The summed E-state index contributed by atoms with van der Waals surface area (Å²) >= 11 is 4.95. The van der Waals surface area contributed by atoms with Crippen LogP contribution in [0.1, 0.15) is 5.56 Å². The monoisotopic (exact) mass is 263 g/mol. The zero-order valence-electron chi connectivity index (χ0n) is 7.61. The molecule has 4 heteroatoms. The van der Waals surface area contributed by atoms with Gasteiger partial charge in [-0.15, -0.1) is 0 Å². The fourth-order valence-electron chi connectivity index (χ4n) is 1.17. The molecule has 1 heterocycles. The molecule has 1 aromatic rings. The molecule has 1 aromatic heterocycles. The Hall–Kier alpha value is 0.1000. The Morgan fingerprint density at radius 3 is 3.00 bits per heavy atom. The van der Waals surface area contributed by atoms with E-state index >= 15 is 0 Å². The van der Waals surface area contributed by atoms with E-state index in [0.717, 1.165) is 6.54 Å². The summed E-state index contributed by atoms with van der Waals surface area (Å²) in [5.74, 6) is 0. The van der Waals surface area contributed by atoms with E-state index in [1.165, 1.54) is 5.56 Å². The highest BCUT2D eigenvalue weighted by atomic mass is 79.9. The molecular formula is C9H14BrNOS. The van der Waals surface area contributed by atoms with Crippen LogP contribution in [0.4, 0.5) is 0 Å². The van der Waals surface area contributed by atoms with Gasteiger partial charge < -0.3 is 5.11 Å². The third-order valence-electron chi connectivity index (χ3n) is 1.73. The fourth-order valence-corrected chi connectivity index (χ4v) is 2.03. The van der Waals surface area contributed by atoms with Crippen LogP contribution in [0.5, 0.6) is 0 Å². The van der Waals surface area contributed by atoms with E-state index in [2.05, 4.69) is 37.7 Å². The number of hydrogen-bond donors (Lipinski definition) is 1. The Bertz CT molecular complexity index is 228. The molecule has 0 bridgehead atoms. The summed E-state index contributed by atoms with van der Waals surface area (Å²) < 4.78 is 0. The van der Waals surface area contributed by atoms with Crippen molar-refractivity contribution < 1.29 is 5.11 Å². The normalized spacial score (nSPS) is 13.5. The van der Waals surface area contributed by atoms with Gasteiger partial charge in [-0.2, -0.15) is 11.3 Å². The van der Waals surface area contributed by atoms with Crippen LogP contribution in [0.25, 0.3) is 0 Å². The maximum atomic E-state index is 9.37. The molecule has 0 radical (unpaired) electrons. The molecule has 2 nitrogen and oxygen atoms in total. The molecule has 1 N–H and O–H groups in total. The smallest absolute Gasteiger partial charge is 0.0763 e. The van der Waals surface area contributed by atoms with Gasteiger partial charge in [0.1, 0.15) is 0 Å². The number of aliphatic hydroxyl groups excluding tert-OH is 1. The zero-order valence-corrected chi connectivity index (χ0v) is 10.0. The lowest BCUT2D eigenvalue weighted by atomic mass is 10.3. The minimum atomic E-state index is -0.274. The first kappa shape index (κ1) is 11.2. The summed E-state index contributed by atoms with van der Waals surface area (Å²) in [5, 5.41) is 14.2. The molecule has 1 unspecified atom stereocenters. The molecule has 1 atom stereocenters. The number of likely N-dealkylation sites (N-methyl/N-ethyl adjacent to an activating group) is 1. The second kappa shape index (κ2) is 5.75. The van der Waals surface area contributed by atoms with Crippen molar-refractivity contribution in [1.82, 2.24) is 4.90 Å². The predicted octanol–water partition coefficient (Wildman–Crippen LogP) is 1.94. The minimum Gasteiger partial charge on any atom is -0.391 e. The van der Waals surface area contributed by atoms with Crippen molar-refractivity contribution in [3.8, 4) is 0 Å². The van der Waals surface area contributed by atoms with Crippen LogP contribution in [0.3, 0.4) is 0 Å². The maximum Gasteiger partial charge on any atom is 0.0763 e. The van der Waals surface area contributed by atoms with E-state index in [0.29, 0.717) is 11.9 Å². The van der Waals surface area contributed by atoms with E-state index < -0.39 is 0 Å². The van der Waals surface area contributed by atoms with Crippen molar-refractivity contribution in [2.45, 2.75) is 12.6 Å². The number of alkyl halides is 1. The minimum absolute atomic E-state index is 0.274. The summed E-state index contributed by atoms with van der Waals surface area (Å²) in [6, 6.07) is 2.11. The molecule has 74 valence electrons. The van der Waals surface area contributed by atoms with Crippen LogP contribution in [-0.2, 0) is 6.54 Å². The molecule has 13 heavy (non-hydrogen) atoms. The molecule has 0 saturated carbocycles. The first-order valence-electron chi connectivity index (χ1n) is 4.16. The maximum absolute atomic E-state index is 9.37. The summed E-state index contributed by atoms with van der Waals surface area (Å²) in [6.45, 7) is 1.62. The van der Waals surface area contributed by atoms with Crippen molar-refractivity contribution in [3.63, 3.8) is 0 Å². The number of halogens is 1. The highest BCUT2D eigenvalue weighted by Gasteiger charge is 2.06. The zero-order chi connectivity index (χ0) is 9.68. The molecule has 0 amide bonds. The Kier molecular flexibility index (Phi) is 4.94. The van der Waals surface area contributed by atoms with Gasteiger partial charge in [0.05, 0.1) is 6.10 Å². The highest BCUT2D eigenvalue weighted by molar-refractivity contribution is 9.09. The van der Waals surface area contributed by atoms with Crippen LogP contribution in [0.2, 0.25) is 0 Å². The number of thiophene rings is 1. The largest absolute Gasteiger partial charge is 0.391 e. The average molecular weight is 264 g/mol. The quantitative estimate of drug-likeness (QED) is 0.821. The van der Waals surface area contributed by atoms with Crippen molar-refractivity contribution in [2.24, 2.45) is 0 Å². The van der Waals surface area contributed by atoms with E-state index in [9.17, 15) is 5.11 Å². The van der Waals surface area contributed by atoms with Crippen LogP contribution in [0.15, 0.2) is 16.8 Å². The number of aliphatic hydroxyl groups is 1. The van der Waals surface area contributed by atoms with Gasteiger partial charge >= 0.3 is 0 Å². The van der Waals surface area contributed by atoms with Gasteiger partial charge in [0.25, 0.3) is 0 Å². The molecule has 0 aliphatic heterocycles. The first-order chi connectivity index (χ1) is 6.22. The predicted molar refractivity (Wildman–Crippen MR) is 60.5 cm³/mol. The lowest BCUT2D eigenvalue weighted by Gasteiger charge is -2.18. The lowest BCUT2D eigenvalue weighted by molar-refractivity contribution is 0.143. The van der Waals surface area contributed by atoms with Gasteiger partial charge in [-0.05, 0) is 29.4 Å². The second-order valence-electron chi connectivity index (χ2n) is 3.14. The lowest BCUT2D eigenvalue weighted by Crippen LogP contribution is -2.29. The van der Waals surface area contributed by atoms with Gasteiger partial charge in [0.15, 0.2) is 0 Å². The molecule has 1 rings (SSSR count). The average Bonchev–Trinajstić information content (AvgIpc) is 2.56. The van der Waals surface area contributed by atoms with Crippen molar-refractivity contribution >= 4 is 27.3 Å². The van der Waals surface area contributed by atoms with Gasteiger partial charge in [0.2, 0.25) is 0 Å². The van der Waals surface area contributed by atoms with Gasteiger partial charge in [-0.3, -0.25) is 4.90 Å². The van der Waals surface area contributed by atoms with Crippen LogP contribution in [-0.4, -0.2) is 35.0 Å². The molecule has 0 saturated heterocycles.